The van der Waals surface area contributed by atoms with Gasteiger partial charge in [-0.05, 0) is 24.3 Å². The number of carbonyl (C=O) groups is 1. The summed E-state index contributed by atoms with van der Waals surface area (Å²) >= 11 is 0. The molecule has 0 saturated carbocycles. The largest absolute Gasteiger partial charge is 0.512 e. The van der Waals surface area contributed by atoms with Crippen molar-refractivity contribution >= 4 is 37.0 Å². The van der Waals surface area contributed by atoms with E-state index >= 15 is 0 Å². The third kappa shape index (κ3) is 5.33. The number of benzene rings is 1. The quantitative estimate of drug-likeness (QED) is 0.715. The Bertz CT molecular complexity index is 839. The summed E-state index contributed by atoms with van der Waals surface area (Å²) in [7, 11) is -11.5. The van der Waals surface area contributed by atoms with Gasteiger partial charge in [0.05, 0.1) is 12.8 Å². The molecular formula is C12H13F3NO6S3+. The fraction of sp³-hybridized carbons (Fsp3) is 0.417. The van der Waals surface area contributed by atoms with Crippen LogP contribution in [0.4, 0.5) is 13.2 Å². The second-order valence-corrected chi connectivity index (χ2v) is 10.5. The summed E-state index contributed by atoms with van der Waals surface area (Å²) in [5.74, 6) is 1.21. The van der Waals surface area contributed by atoms with E-state index in [4.69, 9.17) is 0 Å². The second-order valence-electron chi connectivity index (χ2n) is 4.98. The van der Waals surface area contributed by atoms with Crippen LogP contribution in [0.3, 0.4) is 0 Å². The van der Waals surface area contributed by atoms with Gasteiger partial charge in [-0.1, -0.05) is 4.13 Å². The van der Waals surface area contributed by atoms with Crippen LogP contribution in [0.15, 0.2) is 29.2 Å². The predicted molar refractivity (Wildman–Crippen MR) is 83.7 cm³/mol. The van der Waals surface area contributed by atoms with Crippen molar-refractivity contribution in [2.24, 2.45) is 0 Å². The second kappa shape index (κ2) is 7.13. The molecule has 1 aromatic carbocycles. The normalized spacial score (nSPS) is 17.5. The highest BCUT2D eigenvalue weighted by molar-refractivity contribution is 8.03. The van der Waals surface area contributed by atoms with Gasteiger partial charge in [0, 0.05) is 10.9 Å². The van der Waals surface area contributed by atoms with E-state index in [0.29, 0.717) is 28.5 Å². The standard InChI is InChI=1S/C12H13F3NO6S3/c13-12(14,15)24(18,19)16-25(20,21)22-10-1-3-11(4-2-10)23-7-5-9(17)6-8-23/h1-4,16H,5-8H2/q+1. The van der Waals surface area contributed by atoms with Gasteiger partial charge < -0.3 is 4.18 Å². The molecule has 140 valence electrons. The van der Waals surface area contributed by atoms with Crippen LogP contribution in [0.1, 0.15) is 12.8 Å². The lowest BCUT2D eigenvalue weighted by molar-refractivity contribution is -0.118. The number of nitrogens with one attached hydrogen (secondary N) is 1. The van der Waals surface area contributed by atoms with E-state index in [1.54, 1.807) is 0 Å². The minimum atomic E-state index is -6.10. The lowest BCUT2D eigenvalue weighted by atomic mass is 10.2. The summed E-state index contributed by atoms with van der Waals surface area (Å²) < 4.78 is 85.9. The SMILES string of the molecule is O=C1CC[S+](c2ccc(OS(=O)(=O)NS(=O)(=O)C(F)(F)F)cc2)CC1. The van der Waals surface area contributed by atoms with E-state index in [1.807, 2.05) is 0 Å². The molecule has 0 unspecified atom stereocenters. The molecule has 1 N–H and O–H groups in total. The Hall–Kier alpha value is -1.31. The first-order valence-corrected chi connectivity index (χ1v) is 11.2. The highest BCUT2D eigenvalue weighted by atomic mass is 32.3. The molecule has 0 aromatic heterocycles. The number of hydrogen-bond acceptors (Lipinski definition) is 6. The third-order valence-electron chi connectivity index (χ3n) is 3.13. The minimum Gasteiger partial charge on any atom is -0.370 e. The fourth-order valence-corrected chi connectivity index (χ4v) is 6.05. The maximum absolute atomic E-state index is 12.2. The number of hydrogen-bond donors (Lipinski definition) is 1. The summed E-state index contributed by atoms with van der Waals surface area (Å²) in [6.07, 6.45) is 0.934. The molecule has 1 aromatic rings. The van der Waals surface area contributed by atoms with E-state index < -0.39 is 25.8 Å². The molecule has 7 nitrogen and oxygen atoms in total. The Kier molecular flexibility index (Phi) is 5.71. The molecule has 2 rings (SSSR count). The van der Waals surface area contributed by atoms with Crippen LogP contribution in [-0.4, -0.2) is 39.6 Å². The number of halogens is 3. The van der Waals surface area contributed by atoms with Crippen molar-refractivity contribution in [3.8, 4) is 5.75 Å². The molecule has 1 saturated heterocycles. The number of rotatable bonds is 5. The van der Waals surface area contributed by atoms with E-state index in [0.717, 1.165) is 4.90 Å². The van der Waals surface area contributed by atoms with Crippen molar-refractivity contribution in [2.75, 3.05) is 11.5 Å². The lowest BCUT2D eigenvalue weighted by Gasteiger charge is -2.13. The number of alkyl halides is 3. The highest BCUT2D eigenvalue weighted by Crippen LogP contribution is 2.25. The van der Waals surface area contributed by atoms with Crippen molar-refractivity contribution in [1.82, 2.24) is 4.13 Å². The zero-order valence-electron chi connectivity index (χ0n) is 12.4. The number of ketones is 1. The smallest absolute Gasteiger partial charge is 0.370 e. The summed E-state index contributed by atoms with van der Waals surface area (Å²) in [5, 5.41) is 0. The number of sulfonamides is 1. The first kappa shape index (κ1) is 20.0. The maximum Gasteiger partial charge on any atom is 0.512 e. The first-order chi connectivity index (χ1) is 11.4. The monoisotopic (exact) mass is 420 g/mol. The van der Waals surface area contributed by atoms with Gasteiger partial charge in [0.15, 0.2) is 4.90 Å². The Balaban J connectivity index is 2.06. The van der Waals surface area contributed by atoms with E-state index in [9.17, 15) is 34.8 Å². The lowest BCUT2D eigenvalue weighted by Crippen LogP contribution is -2.42. The van der Waals surface area contributed by atoms with Crippen LogP contribution in [0.2, 0.25) is 0 Å². The van der Waals surface area contributed by atoms with Crippen molar-refractivity contribution in [1.29, 1.82) is 0 Å². The molecule has 0 atom stereocenters. The fourth-order valence-electron chi connectivity index (χ4n) is 1.95. The number of Topliss-reactive ketones (excluding diaryl/α,β-unsaturated/α-hetero) is 1. The molecule has 1 fully saturated rings. The van der Waals surface area contributed by atoms with Gasteiger partial charge in [-0.2, -0.15) is 21.6 Å². The van der Waals surface area contributed by atoms with Gasteiger partial charge in [0.1, 0.15) is 23.0 Å². The van der Waals surface area contributed by atoms with Gasteiger partial charge in [-0.3, -0.25) is 4.79 Å². The van der Waals surface area contributed by atoms with Crippen LogP contribution < -0.4 is 8.31 Å². The molecule has 1 aliphatic heterocycles. The van der Waals surface area contributed by atoms with Gasteiger partial charge >= 0.3 is 25.8 Å². The van der Waals surface area contributed by atoms with E-state index in [2.05, 4.69) is 4.18 Å². The zero-order chi connectivity index (χ0) is 18.9. The van der Waals surface area contributed by atoms with Crippen LogP contribution in [0.5, 0.6) is 5.75 Å². The van der Waals surface area contributed by atoms with Crippen molar-refractivity contribution in [3.63, 3.8) is 0 Å². The molecule has 0 spiro atoms. The van der Waals surface area contributed by atoms with Crippen LogP contribution in [-0.2, 0) is 36.0 Å². The first-order valence-electron chi connectivity index (χ1n) is 6.73. The maximum atomic E-state index is 12.2. The molecule has 1 heterocycles. The molecular weight excluding hydrogens is 407 g/mol. The van der Waals surface area contributed by atoms with Gasteiger partial charge in [0.2, 0.25) is 0 Å². The predicted octanol–water partition coefficient (Wildman–Crippen LogP) is 1.09. The topological polar surface area (TPSA) is 107 Å². The zero-order valence-corrected chi connectivity index (χ0v) is 14.9. The molecule has 13 heteroatoms. The molecule has 0 bridgehead atoms. The average molecular weight is 420 g/mol. The van der Waals surface area contributed by atoms with Gasteiger partial charge in [-0.15, -0.1) is 0 Å². The van der Waals surface area contributed by atoms with Gasteiger partial charge in [0.25, 0.3) is 0 Å². The molecule has 0 aliphatic carbocycles. The Morgan fingerprint density at radius 3 is 2.00 bits per heavy atom. The molecule has 1 aliphatic rings. The minimum absolute atomic E-state index is 0.174. The van der Waals surface area contributed by atoms with Crippen molar-refractivity contribution < 1.29 is 39.0 Å². The van der Waals surface area contributed by atoms with E-state index in [-0.39, 0.29) is 22.4 Å². The summed E-state index contributed by atoms with van der Waals surface area (Å²) in [6, 6.07) is 5.47. The van der Waals surface area contributed by atoms with Crippen LogP contribution >= 0.6 is 0 Å². The van der Waals surface area contributed by atoms with E-state index in [1.165, 1.54) is 24.3 Å². The Labute approximate surface area is 145 Å². The highest BCUT2D eigenvalue weighted by Gasteiger charge is 2.48. The Morgan fingerprint density at radius 1 is 1.00 bits per heavy atom. The molecule has 0 radical (unpaired) electrons. The van der Waals surface area contributed by atoms with Crippen LogP contribution in [0.25, 0.3) is 0 Å². The average Bonchev–Trinajstić information content (AvgIpc) is 2.46. The molecule has 25 heavy (non-hydrogen) atoms. The van der Waals surface area contributed by atoms with Gasteiger partial charge in [-0.25, -0.2) is 8.42 Å². The van der Waals surface area contributed by atoms with Crippen LogP contribution in [0, 0.1) is 0 Å². The van der Waals surface area contributed by atoms with Crippen molar-refractivity contribution in [3.05, 3.63) is 24.3 Å². The number of carbonyl (C=O) groups excluding carboxylic acids is 1. The third-order valence-corrected chi connectivity index (χ3v) is 8.18. The molecule has 0 amide bonds. The summed E-state index contributed by atoms with van der Waals surface area (Å²) in [4.78, 5) is 12.1. The summed E-state index contributed by atoms with van der Waals surface area (Å²) in [6.45, 7) is 0. The Morgan fingerprint density at radius 2 is 1.52 bits per heavy atom. The summed E-state index contributed by atoms with van der Waals surface area (Å²) in [5.41, 5.74) is -5.78. The van der Waals surface area contributed by atoms with Crippen molar-refractivity contribution in [2.45, 2.75) is 23.2 Å².